The van der Waals surface area contributed by atoms with E-state index in [-0.39, 0.29) is 12.5 Å². The van der Waals surface area contributed by atoms with Crippen molar-refractivity contribution in [2.45, 2.75) is 13.2 Å². The van der Waals surface area contributed by atoms with E-state index < -0.39 is 5.97 Å². The molecule has 21 heavy (non-hydrogen) atoms. The first-order valence-electron chi connectivity index (χ1n) is 6.10. The second-order valence-electron chi connectivity index (χ2n) is 4.15. The van der Waals surface area contributed by atoms with Crippen LogP contribution >= 0.6 is 11.3 Å². The van der Waals surface area contributed by atoms with E-state index >= 15 is 0 Å². The summed E-state index contributed by atoms with van der Waals surface area (Å²) >= 11 is 1.46. The van der Waals surface area contributed by atoms with Gasteiger partial charge in [0, 0.05) is 18.2 Å². The maximum Gasteiger partial charge on any atom is 0.327 e. The lowest BCUT2D eigenvalue weighted by molar-refractivity contribution is -0.141. The largest absolute Gasteiger partial charge is 0.468 e. The van der Waals surface area contributed by atoms with Crippen LogP contribution in [-0.2, 0) is 27.4 Å². The maximum absolute atomic E-state index is 12.2. The average Bonchev–Trinajstić information content (AvgIpc) is 3.08. The number of rotatable bonds is 6. The molecule has 0 saturated heterocycles. The number of thiophene rings is 1. The Balaban J connectivity index is 2.02. The first kappa shape index (κ1) is 15.2. The highest BCUT2D eigenvalue weighted by atomic mass is 32.1. The van der Waals surface area contributed by atoms with Gasteiger partial charge in [-0.15, -0.1) is 11.3 Å². The molecule has 0 aliphatic carbocycles. The molecule has 2 aromatic heterocycles. The highest BCUT2D eigenvalue weighted by molar-refractivity contribution is 7.10. The van der Waals surface area contributed by atoms with Crippen LogP contribution in [0.5, 0.6) is 0 Å². The van der Waals surface area contributed by atoms with E-state index in [1.165, 1.54) is 29.3 Å². The molecule has 0 radical (unpaired) electrons. The summed E-state index contributed by atoms with van der Waals surface area (Å²) in [5, 5.41) is 8.55. The van der Waals surface area contributed by atoms with Crippen molar-refractivity contribution >= 4 is 28.9 Å². The standard InChI is InChI=1S/C13H15N3O4S/c1-19-8-11-10(3-4-21-11)13(18)15-9-5-14-16(6-9)7-12(17)20-2/h3-6H,7-8H2,1-2H3,(H,15,18). The van der Waals surface area contributed by atoms with Gasteiger partial charge in [-0.05, 0) is 11.4 Å². The Kier molecular flexibility index (Phi) is 5.07. The van der Waals surface area contributed by atoms with Gasteiger partial charge < -0.3 is 14.8 Å². The van der Waals surface area contributed by atoms with Crippen molar-refractivity contribution in [3.8, 4) is 0 Å². The van der Waals surface area contributed by atoms with Gasteiger partial charge in [0.05, 0.1) is 31.2 Å². The number of esters is 1. The Morgan fingerprint density at radius 2 is 2.24 bits per heavy atom. The van der Waals surface area contributed by atoms with E-state index in [4.69, 9.17) is 4.74 Å². The lowest BCUT2D eigenvalue weighted by atomic mass is 10.2. The van der Waals surface area contributed by atoms with Crippen LogP contribution in [0.4, 0.5) is 5.69 Å². The smallest absolute Gasteiger partial charge is 0.327 e. The molecule has 2 rings (SSSR count). The molecule has 8 heteroatoms. The molecule has 2 heterocycles. The minimum atomic E-state index is -0.406. The number of carbonyl (C=O) groups excluding carboxylic acids is 2. The number of methoxy groups -OCH3 is 2. The summed E-state index contributed by atoms with van der Waals surface area (Å²) in [4.78, 5) is 24.2. The molecule has 112 valence electrons. The molecule has 2 aromatic rings. The molecular formula is C13H15N3O4S. The van der Waals surface area contributed by atoms with Crippen LogP contribution in [-0.4, -0.2) is 35.9 Å². The number of amides is 1. The van der Waals surface area contributed by atoms with Crippen molar-refractivity contribution in [2.75, 3.05) is 19.5 Å². The van der Waals surface area contributed by atoms with Gasteiger partial charge in [0.2, 0.25) is 0 Å². The Hall–Kier alpha value is -2.19. The highest BCUT2D eigenvalue weighted by Gasteiger charge is 2.14. The van der Waals surface area contributed by atoms with E-state index in [1.807, 2.05) is 5.38 Å². The Labute approximate surface area is 125 Å². The van der Waals surface area contributed by atoms with Crippen LogP contribution in [0.2, 0.25) is 0 Å². The third-order valence-corrected chi connectivity index (χ3v) is 3.57. The Morgan fingerprint density at radius 3 is 2.95 bits per heavy atom. The first-order chi connectivity index (χ1) is 10.1. The van der Waals surface area contributed by atoms with Gasteiger partial charge in [-0.1, -0.05) is 0 Å². The van der Waals surface area contributed by atoms with Gasteiger partial charge in [0.1, 0.15) is 6.54 Å². The Bertz CT molecular complexity index is 635. The van der Waals surface area contributed by atoms with E-state index in [0.29, 0.717) is 17.9 Å². The summed E-state index contributed by atoms with van der Waals surface area (Å²) in [5.41, 5.74) is 1.08. The third-order valence-electron chi connectivity index (χ3n) is 2.68. The number of carbonyl (C=O) groups is 2. The highest BCUT2D eigenvalue weighted by Crippen LogP contribution is 2.19. The average molecular weight is 309 g/mol. The Morgan fingerprint density at radius 1 is 1.43 bits per heavy atom. The third kappa shape index (κ3) is 3.89. The van der Waals surface area contributed by atoms with E-state index in [1.54, 1.807) is 19.4 Å². The van der Waals surface area contributed by atoms with E-state index in [2.05, 4.69) is 15.2 Å². The summed E-state index contributed by atoms with van der Waals surface area (Å²) in [6.45, 7) is 0.391. The topological polar surface area (TPSA) is 82.5 Å². The number of nitrogens with zero attached hydrogens (tertiary/aromatic N) is 2. The van der Waals surface area contributed by atoms with Gasteiger partial charge >= 0.3 is 5.97 Å². The number of ether oxygens (including phenoxy) is 2. The second kappa shape index (κ2) is 7.00. The number of hydrogen-bond acceptors (Lipinski definition) is 6. The molecule has 1 amide bonds. The van der Waals surface area contributed by atoms with Crippen molar-refractivity contribution in [3.63, 3.8) is 0 Å². The summed E-state index contributed by atoms with van der Waals surface area (Å²) in [6, 6.07) is 1.74. The predicted molar refractivity (Wildman–Crippen MR) is 77.2 cm³/mol. The fourth-order valence-electron chi connectivity index (χ4n) is 1.70. The minimum Gasteiger partial charge on any atom is -0.468 e. The molecule has 0 aromatic carbocycles. The number of nitrogens with one attached hydrogen (secondary N) is 1. The van der Waals surface area contributed by atoms with Crippen LogP contribution in [0.25, 0.3) is 0 Å². The lowest BCUT2D eigenvalue weighted by Crippen LogP contribution is -2.13. The lowest BCUT2D eigenvalue weighted by Gasteiger charge is -2.03. The molecule has 0 unspecified atom stereocenters. The second-order valence-corrected chi connectivity index (χ2v) is 5.15. The molecule has 1 N–H and O–H groups in total. The van der Waals surface area contributed by atoms with Gasteiger partial charge in [0.25, 0.3) is 5.91 Å². The van der Waals surface area contributed by atoms with Gasteiger partial charge in [-0.2, -0.15) is 5.10 Å². The molecule has 0 saturated carbocycles. The number of anilines is 1. The van der Waals surface area contributed by atoms with Crippen LogP contribution in [0.3, 0.4) is 0 Å². The van der Waals surface area contributed by atoms with Crippen molar-refractivity contribution in [2.24, 2.45) is 0 Å². The molecular weight excluding hydrogens is 294 g/mol. The quantitative estimate of drug-likeness (QED) is 0.818. The fraction of sp³-hybridized carbons (Fsp3) is 0.308. The molecule has 0 bridgehead atoms. The fourth-order valence-corrected chi connectivity index (χ4v) is 2.54. The zero-order valence-electron chi connectivity index (χ0n) is 11.7. The van der Waals surface area contributed by atoms with Crippen molar-refractivity contribution in [1.82, 2.24) is 9.78 Å². The zero-order chi connectivity index (χ0) is 15.2. The molecule has 0 aliphatic heterocycles. The molecule has 0 aliphatic rings. The van der Waals surface area contributed by atoms with Crippen molar-refractivity contribution in [3.05, 3.63) is 34.3 Å². The summed E-state index contributed by atoms with van der Waals surface area (Å²) in [6.07, 6.45) is 3.04. The molecule has 0 fully saturated rings. The van der Waals surface area contributed by atoms with Crippen LogP contribution in [0.15, 0.2) is 23.8 Å². The van der Waals surface area contributed by atoms with Crippen LogP contribution < -0.4 is 5.32 Å². The van der Waals surface area contributed by atoms with Crippen molar-refractivity contribution < 1.29 is 19.1 Å². The summed E-state index contributed by atoms with van der Waals surface area (Å²) in [5.74, 6) is -0.642. The molecule has 7 nitrogen and oxygen atoms in total. The predicted octanol–water partition coefficient (Wildman–Crippen LogP) is 1.52. The SMILES string of the molecule is COCc1sccc1C(=O)Nc1cnn(CC(=O)OC)c1. The summed E-state index contributed by atoms with van der Waals surface area (Å²) < 4.78 is 11.0. The number of hydrogen-bond donors (Lipinski definition) is 1. The monoisotopic (exact) mass is 309 g/mol. The van der Waals surface area contributed by atoms with Crippen LogP contribution in [0.1, 0.15) is 15.2 Å². The van der Waals surface area contributed by atoms with Crippen molar-refractivity contribution in [1.29, 1.82) is 0 Å². The van der Waals surface area contributed by atoms with Gasteiger partial charge in [0.15, 0.2) is 0 Å². The maximum atomic E-state index is 12.2. The van der Waals surface area contributed by atoms with E-state index in [0.717, 1.165) is 4.88 Å². The molecule has 0 atom stereocenters. The van der Waals surface area contributed by atoms with Gasteiger partial charge in [-0.3, -0.25) is 14.3 Å². The number of aromatic nitrogens is 2. The molecule has 0 spiro atoms. The first-order valence-corrected chi connectivity index (χ1v) is 6.98. The zero-order valence-corrected chi connectivity index (χ0v) is 12.5. The summed E-state index contributed by atoms with van der Waals surface area (Å²) in [7, 11) is 2.89. The van der Waals surface area contributed by atoms with Crippen LogP contribution in [0, 0.1) is 0 Å². The normalized spacial score (nSPS) is 10.4. The van der Waals surface area contributed by atoms with E-state index in [9.17, 15) is 9.59 Å². The minimum absolute atomic E-state index is 0.000252. The van der Waals surface area contributed by atoms with Gasteiger partial charge in [-0.25, -0.2) is 0 Å².